The number of unbranched alkanes of at least 4 members (excludes halogenated alkanes) is 1. The number of likely N-dealkylation sites (tertiary alicyclic amines) is 1. The summed E-state index contributed by atoms with van der Waals surface area (Å²) in [5.41, 5.74) is 3.82. The lowest BCUT2D eigenvalue weighted by Gasteiger charge is -2.14. The van der Waals surface area contributed by atoms with Crippen LogP contribution in [0.15, 0.2) is 18.5 Å². The molecule has 3 heterocycles. The van der Waals surface area contributed by atoms with E-state index in [1.165, 1.54) is 36.2 Å². The Balaban J connectivity index is 1.58. The van der Waals surface area contributed by atoms with E-state index in [0.29, 0.717) is 5.92 Å². The highest BCUT2D eigenvalue weighted by Crippen LogP contribution is 2.26. The molecule has 2 aromatic heterocycles. The number of nitrogens with zero attached hydrogens (tertiary/aromatic N) is 4. The Kier molecular flexibility index (Phi) is 4.39. The van der Waals surface area contributed by atoms with Crippen molar-refractivity contribution in [1.29, 1.82) is 0 Å². The largest absolute Gasteiger partial charge is 0.298 e. The van der Waals surface area contributed by atoms with E-state index in [0.717, 1.165) is 26.2 Å². The van der Waals surface area contributed by atoms with Gasteiger partial charge in [0.2, 0.25) is 0 Å². The van der Waals surface area contributed by atoms with E-state index >= 15 is 0 Å². The molecule has 1 atom stereocenters. The zero-order valence-electron chi connectivity index (χ0n) is 13.0. The van der Waals surface area contributed by atoms with Crippen molar-refractivity contribution in [3.05, 3.63) is 35.4 Å². The molecule has 0 amide bonds. The van der Waals surface area contributed by atoms with Crippen LogP contribution in [0.1, 0.15) is 49.1 Å². The molecule has 0 aromatic carbocycles. The predicted molar refractivity (Wildman–Crippen MR) is 83.1 cm³/mol. The highest BCUT2D eigenvalue weighted by molar-refractivity contribution is 5.16. The van der Waals surface area contributed by atoms with Gasteiger partial charge >= 0.3 is 0 Å². The summed E-state index contributed by atoms with van der Waals surface area (Å²) in [5.74, 6) is 0.600. The average molecular weight is 287 g/mol. The second-order valence-electron chi connectivity index (χ2n) is 6.09. The van der Waals surface area contributed by atoms with Crippen LogP contribution in [0.2, 0.25) is 0 Å². The molecule has 114 valence electrons. The number of H-pyrrole nitrogens is 1. The number of aromatic nitrogens is 4. The van der Waals surface area contributed by atoms with Crippen molar-refractivity contribution in [3.63, 3.8) is 0 Å². The maximum Gasteiger partial charge on any atom is 0.0638 e. The lowest BCUT2D eigenvalue weighted by atomic mass is 10.1. The van der Waals surface area contributed by atoms with Gasteiger partial charge in [-0.3, -0.25) is 14.7 Å². The van der Waals surface area contributed by atoms with E-state index < -0.39 is 0 Å². The molecule has 0 bridgehead atoms. The zero-order valence-corrected chi connectivity index (χ0v) is 13.0. The monoisotopic (exact) mass is 287 g/mol. The van der Waals surface area contributed by atoms with Crippen LogP contribution in [0.3, 0.4) is 0 Å². The lowest BCUT2D eigenvalue weighted by Crippen LogP contribution is -2.20. The Bertz CT molecular complexity index is 557. The Morgan fingerprint density at radius 3 is 3.10 bits per heavy atom. The summed E-state index contributed by atoms with van der Waals surface area (Å²) in [6, 6.07) is 2.10. The first kappa shape index (κ1) is 14.3. The van der Waals surface area contributed by atoms with E-state index in [1.54, 1.807) is 0 Å². The third-order valence-corrected chi connectivity index (χ3v) is 4.42. The van der Waals surface area contributed by atoms with E-state index in [9.17, 15) is 0 Å². The minimum Gasteiger partial charge on any atom is -0.298 e. The maximum absolute atomic E-state index is 4.63. The molecule has 21 heavy (non-hydrogen) atoms. The van der Waals surface area contributed by atoms with Crippen LogP contribution in [-0.4, -0.2) is 38.0 Å². The van der Waals surface area contributed by atoms with Crippen LogP contribution in [0.4, 0.5) is 0 Å². The normalized spacial score (nSPS) is 19.4. The topological polar surface area (TPSA) is 49.7 Å². The standard InChI is InChI=1S/C16H25N5/c1-3-4-8-21-12-15(13(2)19-21)11-20-9-6-14(10-20)16-5-7-17-18-16/h5,7,12,14H,3-4,6,8-11H2,1-2H3,(H,17,18)/t14-/m0/s1. The van der Waals surface area contributed by atoms with E-state index in [4.69, 9.17) is 0 Å². The van der Waals surface area contributed by atoms with Gasteiger partial charge in [-0.15, -0.1) is 0 Å². The van der Waals surface area contributed by atoms with Crippen LogP contribution in [0, 0.1) is 6.92 Å². The first-order valence-corrected chi connectivity index (χ1v) is 8.01. The molecular weight excluding hydrogens is 262 g/mol. The number of hydrogen-bond acceptors (Lipinski definition) is 3. The number of aryl methyl sites for hydroxylation is 2. The highest BCUT2D eigenvalue weighted by Gasteiger charge is 2.25. The van der Waals surface area contributed by atoms with Crippen molar-refractivity contribution in [2.24, 2.45) is 0 Å². The van der Waals surface area contributed by atoms with E-state index in [-0.39, 0.29) is 0 Å². The summed E-state index contributed by atoms with van der Waals surface area (Å²) in [4.78, 5) is 2.53. The Morgan fingerprint density at radius 2 is 2.33 bits per heavy atom. The molecule has 0 aliphatic carbocycles. The van der Waals surface area contributed by atoms with Gasteiger partial charge in [0.05, 0.1) is 5.69 Å². The van der Waals surface area contributed by atoms with Crippen molar-refractivity contribution >= 4 is 0 Å². The highest BCUT2D eigenvalue weighted by atomic mass is 15.3. The molecule has 1 saturated heterocycles. The second-order valence-corrected chi connectivity index (χ2v) is 6.09. The number of aromatic amines is 1. The quantitative estimate of drug-likeness (QED) is 0.888. The van der Waals surface area contributed by atoms with Crippen molar-refractivity contribution in [2.45, 2.75) is 52.1 Å². The van der Waals surface area contributed by atoms with Crippen molar-refractivity contribution in [1.82, 2.24) is 24.9 Å². The summed E-state index contributed by atoms with van der Waals surface area (Å²) in [7, 11) is 0. The fraction of sp³-hybridized carbons (Fsp3) is 0.625. The minimum absolute atomic E-state index is 0.600. The van der Waals surface area contributed by atoms with Crippen molar-refractivity contribution in [3.8, 4) is 0 Å². The molecule has 0 saturated carbocycles. The molecule has 1 fully saturated rings. The lowest BCUT2D eigenvalue weighted by molar-refractivity contribution is 0.325. The van der Waals surface area contributed by atoms with Gasteiger partial charge in [0, 0.05) is 49.2 Å². The summed E-state index contributed by atoms with van der Waals surface area (Å²) >= 11 is 0. The number of nitrogens with one attached hydrogen (secondary N) is 1. The number of rotatable bonds is 6. The van der Waals surface area contributed by atoms with Crippen molar-refractivity contribution in [2.75, 3.05) is 13.1 Å². The van der Waals surface area contributed by atoms with Crippen LogP contribution in [0.25, 0.3) is 0 Å². The molecule has 1 N–H and O–H groups in total. The predicted octanol–water partition coefficient (Wildman–Crippen LogP) is 2.70. The van der Waals surface area contributed by atoms with Crippen LogP contribution in [0.5, 0.6) is 0 Å². The molecule has 1 aliphatic rings. The van der Waals surface area contributed by atoms with Gasteiger partial charge in [-0.05, 0) is 32.4 Å². The van der Waals surface area contributed by atoms with Crippen LogP contribution < -0.4 is 0 Å². The first-order chi connectivity index (χ1) is 10.3. The van der Waals surface area contributed by atoms with E-state index in [1.807, 2.05) is 6.20 Å². The van der Waals surface area contributed by atoms with Gasteiger partial charge in [-0.2, -0.15) is 10.2 Å². The SMILES string of the molecule is CCCCn1cc(CN2CC[C@H](c3ccn[nH]3)C2)c(C)n1. The van der Waals surface area contributed by atoms with Gasteiger partial charge in [0.15, 0.2) is 0 Å². The molecule has 0 unspecified atom stereocenters. The van der Waals surface area contributed by atoms with Gasteiger partial charge in [-0.25, -0.2) is 0 Å². The van der Waals surface area contributed by atoms with E-state index in [2.05, 4.69) is 51.0 Å². The van der Waals surface area contributed by atoms with Gasteiger partial charge in [0.1, 0.15) is 0 Å². The first-order valence-electron chi connectivity index (χ1n) is 8.01. The Morgan fingerprint density at radius 1 is 1.43 bits per heavy atom. The smallest absolute Gasteiger partial charge is 0.0638 e. The van der Waals surface area contributed by atoms with Gasteiger partial charge in [0.25, 0.3) is 0 Å². The average Bonchev–Trinajstić information content (AvgIpc) is 3.18. The molecule has 0 spiro atoms. The Hall–Kier alpha value is -1.62. The molecule has 3 rings (SSSR count). The molecular formula is C16H25N5. The van der Waals surface area contributed by atoms with Crippen LogP contribution in [-0.2, 0) is 13.1 Å². The molecule has 1 aliphatic heterocycles. The zero-order chi connectivity index (χ0) is 14.7. The third kappa shape index (κ3) is 3.35. The summed E-state index contributed by atoms with van der Waals surface area (Å²) in [6.45, 7) is 8.67. The fourth-order valence-corrected chi connectivity index (χ4v) is 3.11. The minimum atomic E-state index is 0.600. The summed E-state index contributed by atoms with van der Waals surface area (Å²) < 4.78 is 2.11. The fourth-order valence-electron chi connectivity index (χ4n) is 3.11. The molecule has 5 heteroatoms. The van der Waals surface area contributed by atoms with Crippen LogP contribution >= 0.6 is 0 Å². The van der Waals surface area contributed by atoms with Gasteiger partial charge in [-0.1, -0.05) is 13.3 Å². The molecule has 5 nitrogen and oxygen atoms in total. The Labute approximate surface area is 126 Å². The summed E-state index contributed by atoms with van der Waals surface area (Å²) in [6.07, 6.45) is 7.71. The molecule has 2 aromatic rings. The summed E-state index contributed by atoms with van der Waals surface area (Å²) in [5, 5.41) is 11.8. The number of hydrogen-bond donors (Lipinski definition) is 1. The van der Waals surface area contributed by atoms with Crippen molar-refractivity contribution < 1.29 is 0 Å². The molecule has 0 radical (unpaired) electrons. The second kappa shape index (κ2) is 6.43. The third-order valence-electron chi connectivity index (χ3n) is 4.42. The van der Waals surface area contributed by atoms with Gasteiger partial charge < -0.3 is 0 Å². The maximum atomic E-state index is 4.63.